The fourth-order valence-electron chi connectivity index (χ4n) is 1.74. The summed E-state index contributed by atoms with van der Waals surface area (Å²) >= 11 is 0. The molecule has 6 nitrogen and oxygen atoms in total. The summed E-state index contributed by atoms with van der Waals surface area (Å²) in [6.07, 6.45) is 2.04. The van der Waals surface area contributed by atoms with Gasteiger partial charge in [-0.1, -0.05) is 24.3 Å². The van der Waals surface area contributed by atoms with Crippen molar-refractivity contribution in [2.24, 2.45) is 0 Å². The number of hydrogen-bond acceptors (Lipinski definition) is 5. The first-order valence-corrected chi connectivity index (χ1v) is 6.22. The fourth-order valence-corrected chi connectivity index (χ4v) is 1.74. The van der Waals surface area contributed by atoms with Crippen molar-refractivity contribution in [3.05, 3.63) is 63.8 Å². The molecule has 1 aromatic heterocycles. The van der Waals surface area contributed by atoms with E-state index >= 15 is 0 Å². The van der Waals surface area contributed by atoms with Gasteiger partial charge < -0.3 is 10.4 Å². The van der Waals surface area contributed by atoms with Gasteiger partial charge in [0, 0.05) is 12.6 Å². The second-order valence-corrected chi connectivity index (χ2v) is 4.31. The van der Waals surface area contributed by atoms with Crippen LogP contribution in [-0.4, -0.2) is 21.6 Å². The van der Waals surface area contributed by atoms with E-state index in [1.54, 1.807) is 6.07 Å². The minimum Gasteiger partial charge on any atom is -0.392 e. The number of aromatic nitrogens is 1. The molecule has 0 aliphatic rings. The van der Waals surface area contributed by atoms with Gasteiger partial charge >= 0.3 is 0 Å². The number of benzene rings is 1. The average Bonchev–Trinajstić information content (AvgIpc) is 2.48. The molecule has 0 spiro atoms. The highest BCUT2D eigenvalue weighted by atomic mass is 16.6. The van der Waals surface area contributed by atoms with Gasteiger partial charge in [0.2, 0.25) is 0 Å². The number of aliphatic hydroxyl groups is 1. The Morgan fingerprint density at radius 1 is 1.15 bits per heavy atom. The van der Waals surface area contributed by atoms with Crippen LogP contribution in [-0.2, 0) is 13.0 Å². The first-order valence-electron chi connectivity index (χ1n) is 6.22. The van der Waals surface area contributed by atoms with Crippen molar-refractivity contribution in [1.29, 1.82) is 0 Å². The number of nitrogens with zero attached hydrogens (tertiary/aromatic N) is 2. The molecule has 0 saturated heterocycles. The molecule has 0 amide bonds. The minimum atomic E-state index is -0.473. The van der Waals surface area contributed by atoms with Crippen LogP contribution in [0.4, 0.5) is 11.5 Å². The second kappa shape index (κ2) is 6.63. The molecule has 0 aliphatic carbocycles. The van der Waals surface area contributed by atoms with Gasteiger partial charge in [-0.3, -0.25) is 10.1 Å². The number of anilines is 1. The van der Waals surface area contributed by atoms with E-state index in [4.69, 9.17) is 5.11 Å². The van der Waals surface area contributed by atoms with E-state index in [2.05, 4.69) is 10.3 Å². The van der Waals surface area contributed by atoms with Gasteiger partial charge in [-0.05, 0) is 23.6 Å². The third-order valence-corrected chi connectivity index (χ3v) is 2.88. The van der Waals surface area contributed by atoms with Crippen LogP contribution in [0.2, 0.25) is 0 Å². The Kier molecular flexibility index (Phi) is 4.62. The van der Waals surface area contributed by atoms with E-state index in [9.17, 15) is 10.1 Å². The number of hydrogen-bond donors (Lipinski definition) is 2. The van der Waals surface area contributed by atoms with Crippen LogP contribution in [0.15, 0.2) is 42.6 Å². The summed E-state index contributed by atoms with van der Waals surface area (Å²) in [5.74, 6) is 0.613. The molecule has 20 heavy (non-hydrogen) atoms. The molecule has 0 bridgehead atoms. The Hall–Kier alpha value is -2.47. The van der Waals surface area contributed by atoms with Gasteiger partial charge in [0.15, 0.2) is 0 Å². The highest BCUT2D eigenvalue weighted by molar-refractivity contribution is 5.40. The summed E-state index contributed by atoms with van der Waals surface area (Å²) in [6.45, 7) is 0.731. The summed E-state index contributed by atoms with van der Waals surface area (Å²) in [6, 6.07) is 10.7. The molecule has 1 heterocycles. The van der Waals surface area contributed by atoms with Crippen LogP contribution in [0.3, 0.4) is 0 Å². The summed E-state index contributed by atoms with van der Waals surface area (Å²) < 4.78 is 0. The molecule has 0 atom stereocenters. The van der Waals surface area contributed by atoms with Gasteiger partial charge in [0.05, 0.1) is 11.5 Å². The van der Waals surface area contributed by atoms with Crippen molar-refractivity contribution >= 4 is 11.5 Å². The lowest BCUT2D eigenvalue weighted by Crippen LogP contribution is -2.06. The second-order valence-electron chi connectivity index (χ2n) is 4.31. The summed E-state index contributed by atoms with van der Waals surface area (Å²) in [5, 5.41) is 22.5. The predicted molar refractivity (Wildman–Crippen MR) is 75.4 cm³/mol. The van der Waals surface area contributed by atoms with Gasteiger partial charge in [0.25, 0.3) is 5.69 Å². The van der Waals surface area contributed by atoms with Crippen molar-refractivity contribution in [3.8, 4) is 0 Å². The Balaban J connectivity index is 1.84. The zero-order valence-electron chi connectivity index (χ0n) is 10.8. The van der Waals surface area contributed by atoms with Crippen molar-refractivity contribution in [3.63, 3.8) is 0 Å². The summed E-state index contributed by atoms with van der Waals surface area (Å²) in [7, 11) is 0. The average molecular weight is 273 g/mol. The van der Waals surface area contributed by atoms with E-state index in [1.165, 1.54) is 12.3 Å². The van der Waals surface area contributed by atoms with Gasteiger partial charge in [-0.15, -0.1) is 0 Å². The molecular weight excluding hydrogens is 258 g/mol. The molecule has 0 unspecified atom stereocenters. The Labute approximate surface area is 116 Å². The topological polar surface area (TPSA) is 88.3 Å². The maximum Gasteiger partial charge on any atom is 0.287 e. The Bertz CT molecular complexity index is 567. The largest absolute Gasteiger partial charge is 0.392 e. The molecule has 2 rings (SSSR count). The van der Waals surface area contributed by atoms with E-state index in [1.807, 2.05) is 24.3 Å². The molecule has 104 valence electrons. The monoisotopic (exact) mass is 273 g/mol. The number of rotatable bonds is 6. The minimum absolute atomic E-state index is 0.0184. The van der Waals surface area contributed by atoms with Crippen molar-refractivity contribution in [2.75, 3.05) is 11.9 Å². The van der Waals surface area contributed by atoms with Crippen LogP contribution in [0.5, 0.6) is 0 Å². The van der Waals surface area contributed by atoms with E-state index < -0.39 is 4.92 Å². The maximum atomic E-state index is 10.5. The number of nitro groups is 1. The Morgan fingerprint density at radius 2 is 1.85 bits per heavy atom. The lowest BCUT2D eigenvalue weighted by Gasteiger charge is -2.06. The van der Waals surface area contributed by atoms with E-state index in [-0.39, 0.29) is 12.3 Å². The SMILES string of the molecule is O=[N+]([O-])c1ccc(NCCc2ccc(CO)cc2)nc1. The molecule has 0 fully saturated rings. The summed E-state index contributed by atoms with van der Waals surface area (Å²) in [4.78, 5) is 14.0. The Morgan fingerprint density at radius 3 is 2.40 bits per heavy atom. The number of aliphatic hydroxyl groups excluding tert-OH is 1. The van der Waals surface area contributed by atoms with Gasteiger partial charge in [-0.2, -0.15) is 0 Å². The van der Waals surface area contributed by atoms with E-state index in [0.717, 1.165) is 17.5 Å². The van der Waals surface area contributed by atoms with Crippen LogP contribution in [0.1, 0.15) is 11.1 Å². The van der Waals surface area contributed by atoms with Crippen LogP contribution >= 0.6 is 0 Å². The zero-order chi connectivity index (χ0) is 14.4. The molecule has 6 heteroatoms. The van der Waals surface area contributed by atoms with Crippen molar-refractivity contribution in [2.45, 2.75) is 13.0 Å². The molecular formula is C14H15N3O3. The summed E-state index contributed by atoms with van der Waals surface area (Å²) in [5.41, 5.74) is 2.02. The number of nitrogens with one attached hydrogen (secondary N) is 1. The van der Waals surface area contributed by atoms with Crippen LogP contribution in [0.25, 0.3) is 0 Å². The maximum absolute atomic E-state index is 10.5. The van der Waals surface area contributed by atoms with Crippen LogP contribution < -0.4 is 5.32 Å². The van der Waals surface area contributed by atoms with E-state index in [0.29, 0.717) is 12.4 Å². The standard InChI is InChI=1S/C14H15N3O3/c18-10-12-3-1-11(2-4-12)7-8-15-14-6-5-13(9-16-14)17(19)20/h1-6,9,18H,7-8,10H2,(H,15,16). The molecule has 1 aromatic carbocycles. The van der Waals surface area contributed by atoms with Gasteiger partial charge in [0.1, 0.15) is 12.0 Å². The first-order chi connectivity index (χ1) is 9.69. The lowest BCUT2D eigenvalue weighted by molar-refractivity contribution is -0.385. The first kappa shape index (κ1) is 14.0. The lowest BCUT2D eigenvalue weighted by atomic mass is 10.1. The van der Waals surface area contributed by atoms with Gasteiger partial charge in [-0.25, -0.2) is 4.98 Å². The molecule has 2 aromatic rings. The normalized spacial score (nSPS) is 10.2. The molecule has 0 aliphatic heterocycles. The highest BCUT2D eigenvalue weighted by Gasteiger charge is 2.04. The fraction of sp³-hybridized carbons (Fsp3) is 0.214. The quantitative estimate of drug-likeness (QED) is 0.621. The zero-order valence-corrected chi connectivity index (χ0v) is 10.8. The highest BCUT2D eigenvalue weighted by Crippen LogP contribution is 2.12. The molecule has 2 N–H and O–H groups in total. The smallest absolute Gasteiger partial charge is 0.287 e. The third kappa shape index (κ3) is 3.76. The van der Waals surface area contributed by atoms with Crippen LogP contribution in [0, 0.1) is 10.1 Å². The molecule has 0 radical (unpaired) electrons. The predicted octanol–water partition coefficient (Wildman–Crippen LogP) is 2.14. The van der Waals surface area contributed by atoms with Crippen molar-refractivity contribution in [1.82, 2.24) is 4.98 Å². The molecule has 0 saturated carbocycles. The third-order valence-electron chi connectivity index (χ3n) is 2.88. The van der Waals surface area contributed by atoms with Crippen molar-refractivity contribution < 1.29 is 10.0 Å². The number of pyridine rings is 1.